The molecule has 0 spiro atoms. The summed E-state index contributed by atoms with van der Waals surface area (Å²) >= 11 is 1.66. The lowest BCUT2D eigenvalue weighted by atomic mass is 10.00. The van der Waals surface area contributed by atoms with E-state index >= 15 is 0 Å². The number of carbonyl (C=O) groups excluding carboxylic acids is 1. The fourth-order valence-corrected chi connectivity index (χ4v) is 6.11. The van der Waals surface area contributed by atoms with Gasteiger partial charge in [-0.3, -0.25) is 4.79 Å². The number of hydrogen-bond donors (Lipinski definition) is 1. The van der Waals surface area contributed by atoms with E-state index in [0.29, 0.717) is 23.9 Å². The summed E-state index contributed by atoms with van der Waals surface area (Å²) in [4.78, 5) is 19.8. The van der Waals surface area contributed by atoms with E-state index in [0.717, 1.165) is 39.9 Å². The van der Waals surface area contributed by atoms with Crippen molar-refractivity contribution in [2.24, 2.45) is 0 Å². The summed E-state index contributed by atoms with van der Waals surface area (Å²) in [6.07, 6.45) is -0.891. The highest BCUT2D eigenvalue weighted by atomic mass is 32.2. The molecule has 8 nitrogen and oxygen atoms in total. The summed E-state index contributed by atoms with van der Waals surface area (Å²) in [5.41, 5.74) is 4.49. The monoisotopic (exact) mass is 637 g/mol. The van der Waals surface area contributed by atoms with Crippen LogP contribution < -0.4 is 19.7 Å². The van der Waals surface area contributed by atoms with Gasteiger partial charge in [0.25, 0.3) is 0 Å². The van der Waals surface area contributed by atoms with E-state index in [1.54, 1.807) is 24.9 Å². The van der Waals surface area contributed by atoms with Gasteiger partial charge in [0.1, 0.15) is 17.8 Å². The zero-order valence-electron chi connectivity index (χ0n) is 25.3. The van der Waals surface area contributed by atoms with Crippen LogP contribution in [0.4, 0.5) is 18.9 Å². The van der Waals surface area contributed by atoms with Gasteiger partial charge in [-0.15, -0.1) is 30.0 Å². The van der Waals surface area contributed by atoms with E-state index < -0.39 is 6.36 Å². The van der Waals surface area contributed by atoms with Crippen LogP contribution in [0.2, 0.25) is 0 Å². The second kappa shape index (κ2) is 13.7. The van der Waals surface area contributed by atoms with Gasteiger partial charge in [0.05, 0.1) is 23.9 Å². The number of rotatable bonds is 10. The number of alkyl halides is 3. The van der Waals surface area contributed by atoms with Crippen molar-refractivity contribution in [2.75, 3.05) is 24.3 Å². The smallest absolute Gasteiger partial charge is 0.497 e. The molecule has 1 saturated heterocycles. The van der Waals surface area contributed by atoms with Gasteiger partial charge in [0.15, 0.2) is 5.82 Å². The number of nitrogens with one attached hydrogen (secondary N) is 1. The van der Waals surface area contributed by atoms with E-state index in [1.165, 1.54) is 40.8 Å². The van der Waals surface area contributed by atoms with Crippen molar-refractivity contribution in [1.29, 1.82) is 0 Å². The van der Waals surface area contributed by atoms with E-state index in [4.69, 9.17) is 4.74 Å². The number of nitrogens with zero attached hydrogens (tertiary/aromatic N) is 4. The second-order valence-electron chi connectivity index (χ2n) is 10.7. The van der Waals surface area contributed by atoms with Crippen molar-refractivity contribution >= 4 is 23.4 Å². The molecule has 1 aliphatic rings. The van der Waals surface area contributed by atoms with Gasteiger partial charge in [-0.1, -0.05) is 51.1 Å². The van der Waals surface area contributed by atoms with Crippen molar-refractivity contribution in [3.8, 4) is 28.6 Å². The first kappa shape index (κ1) is 32.0. The van der Waals surface area contributed by atoms with Crippen LogP contribution in [0, 0.1) is 0 Å². The summed E-state index contributed by atoms with van der Waals surface area (Å²) in [5, 5.41) is 8.51. The molecule has 1 amide bonds. The Kier molecular flexibility index (Phi) is 9.71. The molecule has 3 aromatic carbocycles. The molecule has 1 aromatic heterocycles. The van der Waals surface area contributed by atoms with Crippen molar-refractivity contribution < 1.29 is 27.4 Å². The third-order valence-corrected chi connectivity index (χ3v) is 8.38. The zero-order chi connectivity index (χ0) is 32.1. The average molecular weight is 638 g/mol. The number of carbonyl (C=O) groups is 1. The normalized spacial score (nSPS) is 15.0. The minimum absolute atomic E-state index is 0.165. The van der Waals surface area contributed by atoms with Crippen LogP contribution in [0.3, 0.4) is 0 Å². The van der Waals surface area contributed by atoms with Gasteiger partial charge in [-0.05, 0) is 53.8 Å². The highest BCUT2D eigenvalue weighted by Crippen LogP contribution is 2.39. The van der Waals surface area contributed by atoms with Gasteiger partial charge in [-0.2, -0.15) is 0 Å². The van der Waals surface area contributed by atoms with Gasteiger partial charge >= 0.3 is 6.36 Å². The highest BCUT2D eigenvalue weighted by molar-refractivity contribution is 8.03. The van der Waals surface area contributed by atoms with Gasteiger partial charge in [0.2, 0.25) is 5.91 Å². The molecular formula is C33H34F3N5O3S. The molecule has 1 fully saturated rings. The van der Waals surface area contributed by atoms with Crippen molar-refractivity contribution in [3.05, 3.63) is 95.3 Å². The Morgan fingerprint density at radius 3 is 2.42 bits per heavy atom. The maximum atomic E-state index is 13.2. The third kappa shape index (κ3) is 7.80. The Hall–Kier alpha value is -4.45. The summed E-state index contributed by atoms with van der Waals surface area (Å²) < 4.78 is 48.2. The lowest BCUT2D eigenvalue weighted by Gasteiger charge is -2.25. The number of methoxy groups -OCH3 is 1. The number of amides is 1. The fraction of sp³-hybridized carbons (Fsp3) is 0.303. The highest BCUT2D eigenvalue weighted by Gasteiger charge is 2.31. The number of hydrogen-bond acceptors (Lipinski definition) is 7. The Bertz CT molecular complexity index is 1650. The molecule has 236 valence electrons. The van der Waals surface area contributed by atoms with Crippen LogP contribution in [-0.4, -0.2) is 46.4 Å². The molecule has 1 unspecified atom stereocenters. The van der Waals surface area contributed by atoms with E-state index in [1.807, 2.05) is 43.3 Å². The Morgan fingerprint density at radius 1 is 1.07 bits per heavy atom. The number of benzene rings is 3. The SMILES string of the molecule is CCC(NC(=O)/C=C1\SCCN1c1cc(OC)ccc1C(C)C)c1ccc(-c2ncn(-c3ccc(OC(F)(F)F)cc3)n2)cc1. The lowest BCUT2D eigenvalue weighted by Crippen LogP contribution is -2.28. The van der Waals surface area contributed by atoms with Crippen LogP contribution >= 0.6 is 11.8 Å². The van der Waals surface area contributed by atoms with Gasteiger partial charge in [0, 0.05) is 35.7 Å². The van der Waals surface area contributed by atoms with Gasteiger partial charge in [-0.25, -0.2) is 9.67 Å². The first-order chi connectivity index (χ1) is 21.5. The first-order valence-corrected chi connectivity index (χ1v) is 15.5. The molecule has 12 heteroatoms. The fourth-order valence-electron chi connectivity index (χ4n) is 5.09. The molecule has 0 saturated carbocycles. The molecule has 2 heterocycles. The molecular weight excluding hydrogens is 603 g/mol. The summed E-state index contributed by atoms with van der Waals surface area (Å²) in [6, 6.07) is 18.9. The molecule has 1 N–H and O–H groups in total. The number of aromatic nitrogens is 3. The minimum atomic E-state index is -4.75. The lowest BCUT2D eigenvalue weighted by molar-refractivity contribution is -0.274. The molecule has 45 heavy (non-hydrogen) atoms. The summed E-state index contributed by atoms with van der Waals surface area (Å²) in [7, 11) is 1.65. The second-order valence-corrected chi connectivity index (χ2v) is 11.8. The van der Waals surface area contributed by atoms with E-state index in [-0.39, 0.29) is 17.7 Å². The molecule has 1 aliphatic heterocycles. The quantitative estimate of drug-likeness (QED) is 0.179. The standard InChI is InChI=1S/C33H34F3N5O3S/c1-5-28(38-30(42)19-31-40(16-17-45-31)29-18-26(43-4)14-15-27(29)21(2)3)22-6-8-23(9-7-22)32-37-20-41(39-32)24-10-12-25(13-11-24)44-33(34,35)36/h6-15,18-21,28H,5,16-17H2,1-4H3,(H,38,42)/b31-19-. The van der Waals surface area contributed by atoms with Crippen molar-refractivity contribution in [2.45, 2.75) is 45.5 Å². The van der Waals surface area contributed by atoms with E-state index in [9.17, 15) is 18.0 Å². The van der Waals surface area contributed by atoms with Crippen LogP contribution in [0.5, 0.6) is 11.5 Å². The molecule has 5 rings (SSSR count). The van der Waals surface area contributed by atoms with Crippen LogP contribution in [0.15, 0.2) is 84.2 Å². The predicted molar refractivity (Wildman–Crippen MR) is 170 cm³/mol. The van der Waals surface area contributed by atoms with Crippen LogP contribution in [-0.2, 0) is 4.79 Å². The maximum absolute atomic E-state index is 13.2. The summed E-state index contributed by atoms with van der Waals surface area (Å²) in [5.74, 6) is 1.95. The zero-order valence-corrected chi connectivity index (χ0v) is 26.2. The first-order valence-electron chi connectivity index (χ1n) is 14.5. The number of ether oxygens (including phenoxy) is 2. The van der Waals surface area contributed by atoms with Crippen molar-refractivity contribution in [3.63, 3.8) is 0 Å². The molecule has 1 atom stereocenters. The minimum Gasteiger partial charge on any atom is -0.497 e. The Morgan fingerprint density at radius 2 is 1.78 bits per heavy atom. The predicted octanol–water partition coefficient (Wildman–Crippen LogP) is 7.63. The number of anilines is 1. The van der Waals surface area contributed by atoms with Crippen LogP contribution in [0.1, 0.15) is 50.3 Å². The molecule has 4 aromatic rings. The van der Waals surface area contributed by atoms with Crippen LogP contribution in [0.25, 0.3) is 17.1 Å². The molecule has 0 aliphatic carbocycles. The maximum Gasteiger partial charge on any atom is 0.573 e. The topological polar surface area (TPSA) is 81.5 Å². The molecule has 0 radical (unpaired) electrons. The van der Waals surface area contributed by atoms with Crippen molar-refractivity contribution in [1.82, 2.24) is 20.1 Å². The number of halogens is 3. The third-order valence-electron chi connectivity index (χ3n) is 7.36. The average Bonchev–Trinajstić information content (AvgIpc) is 3.69. The Balaban J connectivity index is 1.26. The molecule has 0 bridgehead atoms. The van der Waals surface area contributed by atoms with Gasteiger partial charge < -0.3 is 19.7 Å². The van der Waals surface area contributed by atoms with E-state index in [2.05, 4.69) is 45.0 Å². The number of thioether (sulfide) groups is 1. The summed E-state index contributed by atoms with van der Waals surface area (Å²) in [6.45, 7) is 7.13. The largest absolute Gasteiger partial charge is 0.573 e. The Labute approximate surface area is 264 Å².